The van der Waals surface area contributed by atoms with Crippen molar-refractivity contribution in [3.8, 4) is 33.8 Å². The maximum atomic E-state index is 13.4. The first-order valence-corrected chi connectivity index (χ1v) is 14.4. The van der Waals surface area contributed by atoms with E-state index in [4.69, 9.17) is 9.29 Å². The van der Waals surface area contributed by atoms with Crippen LogP contribution in [-0.2, 0) is 10.1 Å². The van der Waals surface area contributed by atoms with Crippen molar-refractivity contribution in [3.63, 3.8) is 0 Å². The van der Waals surface area contributed by atoms with Gasteiger partial charge >= 0.3 is 16.1 Å². The van der Waals surface area contributed by atoms with Gasteiger partial charge in [0.25, 0.3) is 0 Å². The number of carboxylic acid groups (broad SMARTS) is 1. The Morgan fingerprint density at radius 3 is 1.87 bits per heavy atom. The molecule has 0 saturated heterocycles. The summed E-state index contributed by atoms with van der Waals surface area (Å²) in [6, 6.07) is 18.4. The topological polar surface area (TPSA) is 118 Å². The molecule has 0 spiro atoms. The van der Waals surface area contributed by atoms with Crippen molar-refractivity contribution < 1.29 is 32.4 Å². The molecule has 5 aromatic rings. The van der Waals surface area contributed by atoms with Crippen molar-refractivity contribution in [1.29, 1.82) is 0 Å². The van der Waals surface area contributed by atoms with Crippen LogP contribution in [0.1, 0.15) is 26.3 Å². The van der Waals surface area contributed by atoms with Gasteiger partial charge in [0.05, 0.1) is 0 Å². The van der Waals surface area contributed by atoms with Gasteiger partial charge in [0.1, 0.15) is 16.2 Å². The van der Waals surface area contributed by atoms with Gasteiger partial charge in [-0.25, -0.2) is 4.79 Å². The Bertz CT molecular complexity index is 1680. The molecular formula is C28H18O7S3. The maximum absolute atomic E-state index is 13.4. The summed E-state index contributed by atoms with van der Waals surface area (Å²) in [5.74, 6) is -2.33. The first-order chi connectivity index (χ1) is 18.2. The predicted molar refractivity (Wildman–Crippen MR) is 146 cm³/mol. The highest BCUT2D eigenvalue weighted by Gasteiger charge is 2.26. The molecule has 7 nitrogen and oxygen atoms in total. The van der Waals surface area contributed by atoms with E-state index < -0.39 is 32.3 Å². The lowest BCUT2D eigenvalue weighted by molar-refractivity contribution is 0.0693. The zero-order chi connectivity index (χ0) is 26.9. The maximum Gasteiger partial charge on any atom is 0.339 e. The van der Waals surface area contributed by atoms with Gasteiger partial charge in [-0.05, 0) is 69.0 Å². The molecular weight excluding hydrogens is 545 g/mol. The number of phenols is 1. The lowest BCUT2D eigenvalue weighted by Gasteiger charge is -2.17. The van der Waals surface area contributed by atoms with Crippen LogP contribution in [0.5, 0.6) is 11.5 Å². The minimum absolute atomic E-state index is 0.00760. The summed E-state index contributed by atoms with van der Waals surface area (Å²) in [4.78, 5) is 24.2. The second-order valence-corrected chi connectivity index (χ2v) is 11.2. The Labute approximate surface area is 226 Å². The van der Waals surface area contributed by atoms with Gasteiger partial charge in [0, 0.05) is 28.3 Å². The van der Waals surface area contributed by atoms with Crippen LogP contribution in [0.4, 0.5) is 0 Å². The fraction of sp³-hybridized carbons (Fsp3) is 0. The van der Waals surface area contributed by atoms with E-state index in [2.05, 4.69) is 0 Å². The molecule has 2 aromatic heterocycles. The van der Waals surface area contributed by atoms with Gasteiger partial charge in [0.2, 0.25) is 0 Å². The number of carboxylic acids is 1. The number of carbonyl (C=O) groups excluding carboxylic acids is 1. The molecule has 190 valence electrons. The third-order valence-electron chi connectivity index (χ3n) is 5.73. The molecule has 2 N–H and O–H groups in total. The highest BCUT2D eigenvalue weighted by molar-refractivity contribution is 7.87. The van der Waals surface area contributed by atoms with Crippen LogP contribution in [0.2, 0.25) is 0 Å². The summed E-state index contributed by atoms with van der Waals surface area (Å²) in [5.41, 5.74) is 2.49. The Morgan fingerprint density at radius 2 is 1.37 bits per heavy atom. The van der Waals surface area contributed by atoms with Crippen molar-refractivity contribution >= 4 is 44.5 Å². The number of rotatable bonds is 8. The van der Waals surface area contributed by atoms with Gasteiger partial charge in [-0.1, -0.05) is 30.3 Å². The fourth-order valence-corrected chi connectivity index (χ4v) is 6.17. The van der Waals surface area contributed by atoms with Crippen LogP contribution in [0.3, 0.4) is 0 Å². The van der Waals surface area contributed by atoms with E-state index in [1.807, 2.05) is 27.6 Å². The summed E-state index contributed by atoms with van der Waals surface area (Å²) in [5, 5.41) is 26.5. The van der Waals surface area contributed by atoms with Gasteiger partial charge in [-0.3, -0.25) is 4.79 Å². The molecule has 10 heteroatoms. The molecule has 3 aromatic carbocycles. The third-order valence-corrected chi connectivity index (χ3v) is 8.32. The number of ketones is 1. The standard InChI is InChI=1S/C28H18O7S3/c29-25-14-21(6-7-22(25)28(31)32)38(33,34)35-27-23(18-8-10-36-15-18)12-20(13-24(27)19-9-11-37-16-19)26(30)17-4-2-1-3-5-17/h1-16,29H,(H,31,32). The molecule has 0 atom stereocenters. The molecule has 0 aliphatic rings. The van der Waals surface area contributed by atoms with E-state index in [-0.39, 0.29) is 11.5 Å². The summed E-state index contributed by atoms with van der Waals surface area (Å²) >= 11 is 2.80. The van der Waals surface area contributed by atoms with E-state index in [9.17, 15) is 23.1 Å². The molecule has 0 bridgehead atoms. The normalized spacial score (nSPS) is 11.3. The first-order valence-electron chi connectivity index (χ1n) is 11.1. The zero-order valence-electron chi connectivity index (χ0n) is 19.4. The Balaban J connectivity index is 1.70. The summed E-state index contributed by atoms with van der Waals surface area (Å²) in [6.45, 7) is 0. The molecule has 0 aliphatic carbocycles. The molecule has 0 aliphatic heterocycles. The average Bonchev–Trinajstić information content (AvgIpc) is 3.63. The fourth-order valence-electron chi connectivity index (χ4n) is 3.88. The number of hydrogen-bond donors (Lipinski definition) is 2. The van der Waals surface area contributed by atoms with E-state index in [0.717, 1.165) is 18.2 Å². The van der Waals surface area contributed by atoms with Crippen LogP contribution in [0, 0.1) is 0 Å². The van der Waals surface area contributed by atoms with Crippen LogP contribution >= 0.6 is 22.7 Å². The molecule has 0 fully saturated rings. The van der Waals surface area contributed by atoms with Gasteiger partial charge in [-0.2, -0.15) is 31.1 Å². The molecule has 0 unspecified atom stereocenters. The largest absolute Gasteiger partial charge is 0.507 e. The Kier molecular flexibility index (Phi) is 6.85. The van der Waals surface area contributed by atoms with Crippen molar-refractivity contribution in [2.75, 3.05) is 0 Å². The number of aromatic hydroxyl groups is 1. The van der Waals surface area contributed by atoms with E-state index in [0.29, 0.717) is 33.4 Å². The van der Waals surface area contributed by atoms with Gasteiger partial charge in [0.15, 0.2) is 11.5 Å². The molecule has 0 saturated carbocycles. The highest BCUT2D eigenvalue weighted by atomic mass is 32.2. The molecule has 5 rings (SSSR count). The smallest absolute Gasteiger partial charge is 0.339 e. The third kappa shape index (κ3) is 4.97. The molecule has 38 heavy (non-hydrogen) atoms. The summed E-state index contributed by atoms with van der Waals surface area (Å²) in [7, 11) is -4.52. The van der Waals surface area contributed by atoms with E-state index in [1.54, 1.807) is 48.5 Å². The molecule has 0 amide bonds. The van der Waals surface area contributed by atoms with E-state index in [1.165, 1.54) is 22.7 Å². The average molecular weight is 563 g/mol. The number of hydrogen-bond acceptors (Lipinski definition) is 8. The van der Waals surface area contributed by atoms with Gasteiger partial charge in [-0.15, -0.1) is 0 Å². The minimum atomic E-state index is -4.52. The second kappa shape index (κ2) is 10.3. The highest BCUT2D eigenvalue weighted by Crippen LogP contribution is 2.43. The monoisotopic (exact) mass is 562 g/mol. The van der Waals surface area contributed by atoms with Crippen LogP contribution in [0.25, 0.3) is 22.3 Å². The summed E-state index contributed by atoms with van der Waals surface area (Å²) in [6.07, 6.45) is 0. The quantitative estimate of drug-likeness (QED) is 0.163. The van der Waals surface area contributed by atoms with Crippen molar-refractivity contribution in [1.82, 2.24) is 0 Å². The Morgan fingerprint density at radius 1 is 0.763 bits per heavy atom. The Hall–Kier alpha value is -4.25. The first kappa shape index (κ1) is 25.4. The van der Waals surface area contributed by atoms with E-state index >= 15 is 0 Å². The number of aromatic carboxylic acids is 1. The van der Waals surface area contributed by atoms with Crippen molar-refractivity contribution in [2.24, 2.45) is 0 Å². The molecule has 2 heterocycles. The zero-order valence-corrected chi connectivity index (χ0v) is 21.8. The number of benzene rings is 3. The van der Waals surface area contributed by atoms with Crippen molar-refractivity contribution in [2.45, 2.75) is 4.90 Å². The van der Waals surface area contributed by atoms with Crippen LogP contribution < -0.4 is 4.18 Å². The number of thiophene rings is 2. The van der Waals surface area contributed by atoms with Gasteiger partial charge < -0.3 is 14.4 Å². The molecule has 0 radical (unpaired) electrons. The van der Waals surface area contributed by atoms with Crippen LogP contribution in [0.15, 0.2) is 99.2 Å². The lowest BCUT2D eigenvalue weighted by atomic mass is 9.93. The number of carbonyl (C=O) groups is 2. The lowest BCUT2D eigenvalue weighted by Crippen LogP contribution is -2.12. The predicted octanol–water partition coefficient (Wildman–Crippen LogP) is 6.55. The second-order valence-electron chi connectivity index (χ2n) is 8.14. The van der Waals surface area contributed by atoms with Crippen molar-refractivity contribution in [3.05, 3.63) is 111 Å². The minimum Gasteiger partial charge on any atom is -0.507 e. The summed E-state index contributed by atoms with van der Waals surface area (Å²) < 4.78 is 32.5. The SMILES string of the molecule is O=C(c1ccccc1)c1cc(-c2ccsc2)c(OS(=O)(=O)c2ccc(C(=O)O)c(O)c2)c(-c2ccsc2)c1. The van der Waals surface area contributed by atoms with Crippen LogP contribution in [-0.4, -0.2) is 30.4 Å².